The Morgan fingerprint density at radius 3 is 2.88 bits per heavy atom. The van der Waals surface area contributed by atoms with Crippen molar-refractivity contribution in [3.8, 4) is 5.75 Å². The highest BCUT2D eigenvalue weighted by Crippen LogP contribution is 2.32. The lowest BCUT2D eigenvalue weighted by Gasteiger charge is -2.21. The molecule has 1 aromatic rings. The monoisotopic (exact) mass is 220 g/mol. The number of hydrogen-bond donors (Lipinski definition) is 0. The van der Waals surface area contributed by atoms with E-state index in [2.05, 4.69) is 0 Å². The van der Waals surface area contributed by atoms with Gasteiger partial charge in [0.25, 0.3) is 0 Å². The minimum atomic E-state index is -0.312. The first-order valence-corrected chi connectivity index (χ1v) is 5.19. The number of carbonyl (C=O) groups excluding carboxylic acids is 1. The molecule has 0 spiro atoms. The Morgan fingerprint density at radius 2 is 2.25 bits per heavy atom. The van der Waals surface area contributed by atoms with E-state index in [1.807, 2.05) is 6.92 Å². The van der Waals surface area contributed by atoms with Crippen molar-refractivity contribution in [2.45, 2.75) is 13.3 Å². The van der Waals surface area contributed by atoms with Crippen LogP contribution in [0.2, 0.25) is 0 Å². The van der Waals surface area contributed by atoms with E-state index in [1.54, 1.807) is 18.2 Å². The molecule has 0 saturated carbocycles. The highest BCUT2D eigenvalue weighted by Gasteiger charge is 2.22. The zero-order valence-electron chi connectivity index (χ0n) is 9.29. The first-order chi connectivity index (χ1) is 7.67. The number of ether oxygens (including phenoxy) is 1. The van der Waals surface area contributed by atoms with Crippen molar-refractivity contribution in [2.24, 2.45) is 5.92 Å². The number of carbonyl (C=O) groups is 1. The zero-order valence-corrected chi connectivity index (χ0v) is 9.29. The summed E-state index contributed by atoms with van der Waals surface area (Å²) in [5.74, 6) is 0.00792. The predicted octanol–water partition coefficient (Wildman–Crippen LogP) is 2.61. The molecule has 2 rings (SSSR count). The molecule has 0 heterocycles. The molecule has 3 heteroatoms. The second-order valence-electron chi connectivity index (χ2n) is 4.02. The topological polar surface area (TPSA) is 26.3 Å². The number of fused-ring (bicyclic) bond motifs is 1. The molecule has 16 heavy (non-hydrogen) atoms. The van der Waals surface area contributed by atoms with E-state index in [-0.39, 0.29) is 17.5 Å². The molecule has 0 saturated heterocycles. The number of allylic oxidation sites excluding steroid dienone is 1. The molecule has 0 fully saturated rings. The lowest BCUT2D eigenvalue weighted by molar-refractivity contribution is -0.105. The number of benzene rings is 1. The van der Waals surface area contributed by atoms with Gasteiger partial charge < -0.3 is 4.74 Å². The first kappa shape index (κ1) is 10.9. The summed E-state index contributed by atoms with van der Waals surface area (Å²) in [6.07, 6.45) is 3.14. The van der Waals surface area contributed by atoms with E-state index in [4.69, 9.17) is 4.74 Å². The lowest BCUT2D eigenvalue weighted by Crippen LogP contribution is -2.13. The van der Waals surface area contributed by atoms with E-state index < -0.39 is 0 Å². The number of methoxy groups -OCH3 is 1. The normalized spacial score (nSPS) is 18.7. The van der Waals surface area contributed by atoms with Crippen molar-refractivity contribution in [3.05, 3.63) is 34.6 Å². The average Bonchev–Trinajstić information content (AvgIpc) is 2.30. The maximum absolute atomic E-state index is 13.9. The molecule has 0 amide bonds. The SMILES string of the molecule is COc1ccc2c(c1F)CC(C)C(C=O)=C2. The molecule has 1 aliphatic carbocycles. The van der Waals surface area contributed by atoms with Crippen LogP contribution in [0, 0.1) is 11.7 Å². The fourth-order valence-electron chi connectivity index (χ4n) is 2.01. The van der Waals surface area contributed by atoms with Crippen molar-refractivity contribution in [2.75, 3.05) is 7.11 Å². The van der Waals surface area contributed by atoms with Crippen LogP contribution in [-0.2, 0) is 11.2 Å². The summed E-state index contributed by atoms with van der Waals surface area (Å²) in [6, 6.07) is 3.37. The minimum Gasteiger partial charge on any atom is -0.494 e. The summed E-state index contributed by atoms with van der Waals surface area (Å²) in [6.45, 7) is 1.92. The van der Waals surface area contributed by atoms with Gasteiger partial charge in [0, 0.05) is 0 Å². The smallest absolute Gasteiger partial charge is 0.168 e. The van der Waals surface area contributed by atoms with Gasteiger partial charge in [0.05, 0.1) is 7.11 Å². The van der Waals surface area contributed by atoms with Gasteiger partial charge in [-0.25, -0.2) is 4.39 Å². The van der Waals surface area contributed by atoms with E-state index in [0.29, 0.717) is 12.0 Å². The van der Waals surface area contributed by atoms with Gasteiger partial charge in [-0.15, -0.1) is 0 Å². The number of aldehydes is 1. The van der Waals surface area contributed by atoms with Crippen LogP contribution in [0.15, 0.2) is 17.7 Å². The van der Waals surface area contributed by atoms with Crippen LogP contribution < -0.4 is 4.74 Å². The van der Waals surface area contributed by atoms with Crippen molar-refractivity contribution in [1.29, 1.82) is 0 Å². The van der Waals surface area contributed by atoms with Gasteiger partial charge >= 0.3 is 0 Å². The fraction of sp³-hybridized carbons (Fsp3) is 0.308. The van der Waals surface area contributed by atoms with Gasteiger partial charge in [0.1, 0.15) is 6.29 Å². The summed E-state index contributed by atoms with van der Waals surface area (Å²) in [5, 5.41) is 0. The van der Waals surface area contributed by atoms with Gasteiger partial charge in [-0.2, -0.15) is 0 Å². The van der Waals surface area contributed by atoms with Crippen LogP contribution in [0.4, 0.5) is 4.39 Å². The average molecular weight is 220 g/mol. The van der Waals surface area contributed by atoms with Gasteiger partial charge in [-0.3, -0.25) is 4.79 Å². The number of hydrogen-bond acceptors (Lipinski definition) is 2. The Labute approximate surface area is 93.7 Å². The first-order valence-electron chi connectivity index (χ1n) is 5.19. The Hall–Kier alpha value is -1.64. The second kappa shape index (κ2) is 4.08. The van der Waals surface area contributed by atoms with Crippen LogP contribution >= 0.6 is 0 Å². The quantitative estimate of drug-likeness (QED) is 0.716. The van der Waals surface area contributed by atoms with Gasteiger partial charge in [0.15, 0.2) is 11.6 Å². The third-order valence-corrected chi connectivity index (χ3v) is 3.00. The molecule has 0 bridgehead atoms. The Balaban J connectivity index is 2.56. The maximum atomic E-state index is 13.9. The zero-order chi connectivity index (χ0) is 11.7. The molecule has 2 nitrogen and oxygen atoms in total. The summed E-state index contributed by atoms with van der Waals surface area (Å²) in [5.41, 5.74) is 2.13. The summed E-state index contributed by atoms with van der Waals surface area (Å²) < 4.78 is 18.9. The predicted molar refractivity (Wildman–Crippen MR) is 59.9 cm³/mol. The summed E-state index contributed by atoms with van der Waals surface area (Å²) >= 11 is 0. The number of rotatable bonds is 2. The molecule has 1 atom stereocenters. The maximum Gasteiger partial charge on any atom is 0.168 e. The van der Waals surface area contributed by atoms with Crippen LogP contribution in [-0.4, -0.2) is 13.4 Å². The van der Waals surface area contributed by atoms with Crippen LogP contribution in [0.25, 0.3) is 6.08 Å². The molecule has 0 aliphatic heterocycles. The largest absolute Gasteiger partial charge is 0.494 e. The molecule has 0 N–H and O–H groups in total. The Bertz CT molecular complexity index is 463. The lowest BCUT2D eigenvalue weighted by atomic mass is 9.85. The molecule has 0 radical (unpaired) electrons. The molecular formula is C13H13FO2. The van der Waals surface area contributed by atoms with E-state index in [1.165, 1.54) is 7.11 Å². The summed E-state index contributed by atoms with van der Waals surface area (Å²) in [7, 11) is 1.45. The third kappa shape index (κ3) is 1.62. The van der Waals surface area contributed by atoms with Crippen molar-refractivity contribution in [3.63, 3.8) is 0 Å². The van der Waals surface area contributed by atoms with Crippen molar-refractivity contribution >= 4 is 12.4 Å². The van der Waals surface area contributed by atoms with Gasteiger partial charge in [0.2, 0.25) is 0 Å². The van der Waals surface area contributed by atoms with Crippen LogP contribution in [0.5, 0.6) is 5.75 Å². The van der Waals surface area contributed by atoms with E-state index >= 15 is 0 Å². The van der Waals surface area contributed by atoms with Gasteiger partial charge in [-0.1, -0.05) is 13.0 Å². The van der Waals surface area contributed by atoms with Crippen LogP contribution in [0.1, 0.15) is 18.1 Å². The third-order valence-electron chi connectivity index (χ3n) is 3.00. The highest BCUT2D eigenvalue weighted by atomic mass is 19.1. The van der Waals surface area contributed by atoms with Crippen LogP contribution in [0.3, 0.4) is 0 Å². The van der Waals surface area contributed by atoms with Gasteiger partial charge in [-0.05, 0) is 41.2 Å². The molecule has 1 unspecified atom stereocenters. The summed E-state index contributed by atoms with van der Waals surface area (Å²) in [4.78, 5) is 10.8. The Kier molecular flexibility index (Phi) is 2.77. The van der Waals surface area contributed by atoms with E-state index in [0.717, 1.165) is 17.4 Å². The Morgan fingerprint density at radius 1 is 1.50 bits per heavy atom. The molecular weight excluding hydrogens is 207 g/mol. The molecule has 0 aromatic heterocycles. The number of halogens is 1. The van der Waals surface area contributed by atoms with Crippen molar-refractivity contribution < 1.29 is 13.9 Å². The van der Waals surface area contributed by atoms with E-state index in [9.17, 15) is 9.18 Å². The molecule has 1 aromatic carbocycles. The highest BCUT2D eigenvalue weighted by molar-refractivity contribution is 5.84. The minimum absolute atomic E-state index is 0.0617. The second-order valence-corrected chi connectivity index (χ2v) is 4.02. The molecule has 1 aliphatic rings. The fourth-order valence-corrected chi connectivity index (χ4v) is 2.01. The van der Waals surface area contributed by atoms with Crippen molar-refractivity contribution in [1.82, 2.24) is 0 Å². The standard InChI is InChI=1S/C13H13FO2/c1-8-5-11-9(6-10(8)7-15)3-4-12(16-2)13(11)14/h3-4,6-8H,5H2,1-2H3. The molecule has 84 valence electrons.